The molecular weight excluding hydrogens is 178 g/mol. The minimum absolute atomic E-state index is 0.186. The van der Waals surface area contributed by atoms with E-state index in [1.54, 1.807) is 19.1 Å². The van der Waals surface area contributed by atoms with E-state index >= 15 is 0 Å². The molecule has 0 fully saturated rings. The average molecular weight is 193 g/mol. The normalized spacial score (nSPS) is 13.4. The molecule has 3 nitrogen and oxygen atoms in total. The van der Waals surface area contributed by atoms with E-state index in [9.17, 15) is 4.79 Å². The highest BCUT2D eigenvalue weighted by Gasteiger charge is 2.22. The number of amides is 1. The van der Waals surface area contributed by atoms with Crippen molar-refractivity contribution in [1.29, 1.82) is 0 Å². The number of para-hydroxylation sites is 1. The summed E-state index contributed by atoms with van der Waals surface area (Å²) in [6.07, 6.45) is 0.562. The maximum Gasteiger partial charge on any atom is 0.231 e. The standard InChI is InChI=1S/C9H9NO.C2H6O/c1-10-8-5-3-2-4-7(8)6-9(10)11;1-3-2/h2-5H,6H2,1H3;1-2H3. The molecule has 0 aromatic heterocycles. The van der Waals surface area contributed by atoms with Crippen LogP contribution in [0.3, 0.4) is 0 Å². The first-order chi connectivity index (χ1) is 6.70. The predicted molar refractivity (Wildman–Crippen MR) is 56.5 cm³/mol. The Morgan fingerprint density at radius 1 is 1.29 bits per heavy atom. The number of rotatable bonds is 0. The molecule has 0 aliphatic carbocycles. The van der Waals surface area contributed by atoms with Crippen LogP contribution in [0.4, 0.5) is 5.69 Å². The Bertz CT molecular complexity index is 323. The summed E-state index contributed by atoms with van der Waals surface area (Å²) in [4.78, 5) is 12.9. The Morgan fingerprint density at radius 2 is 1.86 bits per heavy atom. The monoisotopic (exact) mass is 193 g/mol. The van der Waals surface area contributed by atoms with Gasteiger partial charge in [-0.25, -0.2) is 0 Å². The van der Waals surface area contributed by atoms with Crippen LogP contribution in [0, 0.1) is 0 Å². The number of nitrogens with zero attached hydrogens (tertiary/aromatic N) is 1. The lowest BCUT2D eigenvalue weighted by Gasteiger charge is -2.08. The zero-order valence-corrected chi connectivity index (χ0v) is 8.78. The van der Waals surface area contributed by atoms with Crippen LogP contribution in [-0.2, 0) is 16.0 Å². The third-order valence-corrected chi connectivity index (χ3v) is 2.07. The van der Waals surface area contributed by atoms with Gasteiger partial charge in [0.25, 0.3) is 0 Å². The van der Waals surface area contributed by atoms with Gasteiger partial charge in [0.15, 0.2) is 0 Å². The summed E-state index contributed by atoms with van der Waals surface area (Å²) in [7, 11) is 5.06. The van der Waals surface area contributed by atoms with E-state index in [4.69, 9.17) is 0 Å². The van der Waals surface area contributed by atoms with E-state index in [1.165, 1.54) is 0 Å². The SMILES string of the molecule is CN1C(=O)Cc2ccccc21.COC. The molecule has 1 amide bonds. The second kappa shape index (κ2) is 4.77. The molecular formula is C11H15NO2. The Labute approximate surface area is 84.3 Å². The molecule has 0 bridgehead atoms. The number of carbonyl (C=O) groups excluding carboxylic acids is 1. The van der Waals surface area contributed by atoms with Crippen molar-refractivity contribution in [2.24, 2.45) is 0 Å². The largest absolute Gasteiger partial charge is 0.388 e. The van der Waals surface area contributed by atoms with Gasteiger partial charge in [-0.2, -0.15) is 0 Å². The van der Waals surface area contributed by atoms with Crippen LogP contribution >= 0.6 is 0 Å². The van der Waals surface area contributed by atoms with Crippen molar-refractivity contribution >= 4 is 11.6 Å². The number of anilines is 1. The molecule has 1 aromatic carbocycles. The predicted octanol–water partition coefficient (Wildman–Crippen LogP) is 1.47. The van der Waals surface area contributed by atoms with Crippen LogP contribution in [0.5, 0.6) is 0 Å². The quantitative estimate of drug-likeness (QED) is 0.624. The zero-order valence-electron chi connectivity index (χ0n) is 8.78. The summed E-state index contributed by atoms with van der Waals surface area (Å²) in [6.45, 7) is 0. The first-order valence-corrected chi connectivity index (χ1v) is 4.45. The molecule has 0 atom stereocenters. The number of ether oxygens (including phenoxy) is 1. The first-order valence-electron chi connectivity index (χ1n) is 4.45. The fraction of sp³-hybridized carbons (Fsp3) is 0.364. The van der Waals surface area contributed by atoms with E-state index in [0.717, 1.165) is 11.3 Å². The first kappa shape index (κ1) is 10.7. The van der Waals surface area contributed by atoms with Crippen molar-refractivity contribution in [3.63, 3.8) is 0 Å². The lowest BCUT2D eigenvalue weighted by Crippen LogP contribution is -2.20. The molecule has 76 valence electrons. The maximum absolute atomic E-state index is 11.2. The van der Waals surface area contributed by atoms with Gasteiger partial charge in [0, 0.05) is 27.0 Å². The molecule has 3 heteroatoms. The van der Waals surface area contributed by atoms with E-state index in [2.05, 4.69) is 4.74 Å². The van der Waals surface area contributed by atoms with Crippen LogP contribution in [-0.4, -0.2) is 27.2 Å². The fourth-order valence-corrected chi connectivity index (χ4v) is 1.40. The summed E-state index contributed by atoms with van der Waals surface area (Å²) < 4.78 is 4.25. The summed E-state index contributed by atoms with van der Waals surface area (Å²) >= 11 is 0. The Balaban J connectivity index is 0.000000293. The van der Waals surface area contributed by atoms with Gasteiger partial charge in [-0.1, -0.05) is 18.2 Å². The van der Waals surface area contributed by atoms with E-state index in [1.807, 2.05) is 31.3 Å². The molecule has 0 spiro atoms. The van der Waals surface area contributed by atoms with Crippen molar-refractivity contribution < 1.29 is 9.53 Å². The second-order valence-corrected chi connectivity index (χ2v) is 3.17. The van der Waals surface area contributed by atoms with Crippen molar-refractivity contribution in [3.05, 3.63) is 29.8 Å². The highest BCUT2D eigenvalue weighted by Crippen LogP contribution is 2.26. The van der Waals surface area contributed by atoms with Gasteiger partial charge in [0.05, 0.1) is 6.42 Å². The Morgan fingerprint density at radius 3 is 2.43 bits per heavy atom. The third-order valence-electron chi connectivity index (χ3n) is 2.07. The molecule has 1 aromatic rings. The summed E-state index contributed by atoms with van der Waals surface area (Å²) in [6, 6.07) is 7.89. The van der Waals surface area contributed by atoms with Gasteiger partial charge in [0.2, 0.25) is 5.91 Å². The van der Waals surface area contributed by atoms with Gasteiger partial charge < -0.3 is 9.64 Å². The van der Waals surface area contributed by atoms with Crippen LogP contribution in [0.2, 0.25) is 0 Å². The number of carbonyl (C=O) groups is 1. The molecule has 0 saturated carbocycles. The molecule has 0 N–H and O–H groups in total. The van der Waals surface area contributed by atoms with Gasteiger partial charge >= 0.3 is 0 Å². The molecule has 1 heterocycles. The number of likely N-dealkylation sites (N-methyl/N-ethyl adjacent to an activating group) is 1. The maximum atomic E-state index is 11.2. The smallest absolute Gasteiger partial charge is 0.231 e. The van der Waals surface area contributed by atoms with Crippen LogP contribution < -0.4 is 4.90 Å². The second-order valence-electron chi connectivity index (χ2n) is 3.17. The van der Waals surface area contributed by atoms with Crippen LogP contribution in [0.25, 0.3) is 0 Å². The van der Waals surface area contributed by atoms with Crippen molar-refractivity contribution in [2.45, 2.75) is 6.42 Å². The molecule has 0 unspecified atom stereocenters. The molecule has 0 saturated heterocycles. The molecule has 0 radical (unpaired) electrons. The summed E-state index contributed by atoms with van der Waals surface area (Å²) in [5.74, 6) is 0.186. The van der Waals surface area contributed by atoms with Gasteiger partial charge in [0.1, 0.15) is 0 Å². The molecule has 2 rings (SSSR count). The number of benzene rings is 1. The lowest BCUT2D eigenvalue weighted by atomic mass is 10.2. The van der Waals surface area contributed by atoms with E-state index in [0.29, 0.717) is 6.42 Å². The summed E-state index contributed by atoms with van der Waals surface area (Å²) in [5.41, 5.74) is 2.19. The molecule has 1 aliphatic heterocycles. The lowest BCUT2D eigenvalue weighted by molar-refractivity contribution is -0.117. The number of methoxy groups -OCH3 is 1. The van der Waals surface area contributed by atoms with E-state index in [-0.39, 0.29) is 5.91 Å². The number of hydrogen-bond acceptors (Lipinski definition) is 2. The van der Waals surface area contributed by atoms with Crippen molar-refractivity contribution in [2.75, 3.05) is 26.2 Å². The Kier molecular flexibility index (Phi) is 3.65. The highest BCUT2D eigenvalue weighted by molar-refractivity contribution is 6.00. The average Bonchev–Trinajstić information content (AvgIpc) is 2.45. The van der Waals surface area contributed by atoms with Crippen LogP contribution in [0.1, 0.15) is 5.56 Å². The molecule has 14 heavy (non-hydrogen) atoms. The van der Waals surface area contributed by atoms with E-state index < -0.39 is 0 Å². The zero-order chi connectivity index (χ0) is 10.6. The minimum atomic E-state index is 0.186. The Hall–Kier alpha value is -1.35. The van der Waals surface area contributed by atoms with Gasteiger partial charge in [-0.3, -0.25) is 4.79 Å². The number of fused-ring (bicyclic) bond motifs is 1. The highest BCUT2D eigenvalue weighted by atomic mass is 16.4. The third kappa shape index (κ3) is 2.12. The van der Waals surface area contributed by atoms with Gasteiger partial charge in [-0.05, 0) is 11.6 Å². The van der Waals surface area contributed by atoms with Gasteiger partial charge in [-0.15, -0.1) is 0 Å². The molecule has 1 aliphatic rings. The van der Waals surface area contributed by atoms with Crippen LogP contribution in [0.15, 0.2) is 24.3 Å². The van der Waals surface area contributed by atoms with Crippen molar-refractivity contribution in [1.82, 2.24) is 0 Å². The fourth-order valence-electron chi connectivity index (χ4n) is 1.40. The number of hydrogen-bond donors (Lipinski definition) is 0. The van der Waals surface area contributed by atoms with Crippen molar-refractivity contribution in [3.8, 4) is 0 Å². The topological polar surface area (TPSA) is 29.5 Å². The minimum Gasteiger partial charge on any atom is -0.388 e. The summed E-state index contributed by atoms with van der Waals surface area (Å²) in [5, 5.41) is 0.